The van der Waals surface area contributed by atoms with Crippen LogP contribution in [0.4, 0.5) is 0 Å². The summed E-state index contributed by atoms with van der Waals surface area (Å²) in [7, 11) is 0. The van der Waals surface area contributed by atoms with Crippen molar-refractivity contribution in [3.05, 3.63) is 91.1 Å². The third-order valence-electron chi connectivity index (χ3n) is 4.98. The number of Topliss-reactive ketones (excluding diaryl/α,β-unsaturated/α-hetero) is 2. The van der Waals surface area contributed by atoms with Crippen molar-refractivity contribution in [3.63, 3.8) is 0 Å². The maximum absolute atomic E-state index is 12.7. The van der Waals surface area contributed by atoms with E-state index in [2.05, 4.69) is 11.4 Å². The first-order valence-corrected chi connectivity index (χ1v) is 11.3. The van der Waals surface area contributed by atoms with E-state index in [9.17, 15) is 14.9 Å². The zero-order chi connectivity index (χ0) is 22.7. The molecule has 31 heavy (non-hydrogen) atoms. The number of halogens is 2. The number of rotatable bonds is 6. The minimum absolute atomic E-state index is 0.0814. The van der Waals surface area contributed by atoms with Gasteiger partial charge in [0.25, 0.3) is 0 Å². The number of allylic oxidation sites excluding steroid dienone is 3. The van der Waals surface area contributed by atoms with Gasteiger partial charge in [-0.1, -0.05) is 64.8 Å². The van der Waals surface area contributed by atoms with E-state index in [1.54, 1.807) is 12.1 Å². The number of hydrogen-bond acceptors (Lipinski definition) is 5. The molecule has 0 fully saturated rings. The summed E-state index contributed by atoms with van der Waals surface area (Å²) in [5.41, 5.74) is 3.93. The molecule has 0 radical (unpaired) electrons. The van der Waals surface area contributed by atoms with Crippen molar-refractivity contribution < 1.29 is 9.59 Å². The van der Waals surface area contributed by atoms with Gasteiger partial charge in [0.2, 0.25) is 0 Å². The van der Waals surface area contributed by atoms with Gasteiger partial charge >= 0.3 is 0 Å². The Labute approximate surface area is 195 Å². The van der Waals surface area contributed by atoms with E-state index in [0.29, 0.717) is 32.5 Å². The summed E-state index contributed by atoms with van der Waals surface area (Å²) in [4.78, 5) is 25.2. The Kier molecular flexibility index (Phi) is 7.27. The minimum Gasteiger partial charge on any atom is -0.353 e. The minimum atomic E-state index is -0.486. The first-order valence-electron chi connectivity index (χ1n) is 9.53. The fourth-order valence-corrected chi connectivity index (χ4v) is 5.10. The molecule has 7 heteroatoms. The number of hydrogen-bond donors (Lipinski definition) is 1. The molecule has 2 aromatic carbocycles. The second-order valence-electron chi connectivity index (χ2n) is 7.26. The number of nitrogens with zero attached hydrogens (tertiary/aromatic N) is 1. The lowest BCUT2D eigenvalue weighted by Gasteiger charge is -2.29. The van der Waals surface area contributed by atoms with E-state index in [4.69, 9.17) is 23.2 Å². The number of aryl methyl sites for hydroxylation is 1. The monoisotopic (exact) mass is 470 g/mol. The third kappa shape index (κ3) is 5.04. The van der Waals surface area contributed by atoms with E-state index in [0.717, 1.165) is 11.1 Å². The van der Waals surface area contributed by atoms with Crippen molar-refractivity contribution >= 4 is 46.5 Å². The van der Waals surface area contributed by atoms with Crippen LogP contribution in [0.25, 0.3) is 0 Å². The van der Waals surface area contributed by atoms with E-state index in [1.807, 2.05) is 38.1 Å². The number of dihydropyridines is 1. The Hall–Kier alpha value is -2.52. The summed E-state index contributed by atoms with van der Waals surface area (Å²) >= 11 is 13.3. The average molecular weight is 471 g/mol. The zero-order valence-corrected chi connectivity index (χ0v) is 19.6. The molecule has 0 aromatic heterocycles. The van der Waals surface area contributed by atoms with Crippen LogP contribution in [0.5, 0.6) is 0 Å². The molecule has 3 rings (SSSR count). The molecule has 1 aliphatic heterocycles. The summed E-state index contributed by atoms with van der Waals surface area (Å²) in [6, 6.07) is 14.8. The van der Waals surface area contributed by atoms with Crippen LogP contribution in [0.15, 0.2) is 64.3 Å². The largest absolute Gasteiger partial charge is 0.353 e. The molecule has 0 aliphatic carbocycles. The first kappa shape index (κ1) is 23.1. The van der Waals surface area contributed by atoms with E-state index in [1.165, 1.54) is 24.8 Å². The van der Waals surface area contributed by atoms with Gasteiger partial charge in [0.05, 0.1) is 33.4 Å². The highest BCUT2D eigenvalue weighted by atomic mass is 35.5. The van der Waals surface area contributed by atoms with Crippen LogP contribution in [0.2, 0.25) is 10.0 Å². The maximum atomic E-state index is 12.7. The lowest BCUT2D eigenvalue weighted by molar-refractivity contribution is -0.113. The molecule has 0 saturated heterocycles. The molecule has 1 N–H and O–H groups in total. The van der Waals surface area contributed by atoms with Gasteiger partial charge in [-0.2, -0.15) is 5.26 Å². The van der Waals surface area contributed by atoms with Crippen LogP contribution in [0.3, 0.4) is 0 Å². The number of nitrogens with one attached hydrogen (secondary N) is 1. The Morgan fingerprint density at radius 1 is 1.16 bits per heavy atom. The van der Waals surface area contributed by atoms with Crippen LogP contribution in [0, 0.1) is 18.3 Å². The Bertz CT molecular complexity index is 1180. The van der Waals surface area contributed by atoms with Crippen molar-refractivity contribution in [2.24, 2.45) is 0 Å². The van der Waals surface area contributed by atoms with Gasteiger partial charge in [-0.05, 0) is 44.5 Å². The molecule has 0 spiro atoms. The number of benzene rings is 2. The van der Waals surface area contributed by atoms with Gasteiger partial charge in [-0.3, -0.25) is 9.59 Å². The van der Waals surface area contributed by atoms with E-state index < -0.39 is 5.92 Å². The topological polar surface area (TPSA) is 70.0 Å². The molecule has 0 bridgehead atoms. The summed E-state index contributed by atoms with van der Waals surface area (Å²) < 4.78 is 0. The Morgan fingerprint density at radius 2 is 1.90 bits per heavy atom. The molecule has 1 heterocycles. The SMILES string of the molecule is CC(=O)C1=C(C)NC(SCC(=O)c2ccc(Cl)cc2Cl)=C(C#N)[C@H]1c1cccc(C)c1. The molecule has 1 aliphatic rings. The molecular weight excluding hydrogens is 451 g/mol. The molecule has 0 saturated carbocycles. The normalized spacial score (nSPS) is 16.1. The lowest BCUT2D eigenvalue weighted by Crippen LogP contribution is -2.27. The van der Waals surface area contributed by atoms with Crippen molar-refractivity contribution in [2.75, 3.05) is 5.75 Å². The fraction of sp³-hybridized carbons (Fsp3) is 0.208. The third-order valence-corrected chi connectivity index (χ3v) is 6.55. The molecule has 0 unspecified atom stereocenters. The van der Waals surface area contributed by atoms with Gasteiger partial charge in [-0.25, -0.2) is 0 Å². The Morgan fingerprint density at radius 3 is 2.52 bits per heavy atom. The predicted octanol–water partition coefficient (Wildman–Crippen LogP) is 6.20. The van der Waals surface area contributed by atoms with Crippen molar-refractivity contribution in [1.82, 2.24) is 5.32 Å². The highest BCUT2D eigenvalue weighted by molar-refractivity contribution is 8.03. The summed E-state index contributed by atoms with van der Waals surface area (Å²) in [5, 5.41) is 14.5. The van der Waals surface area contributed by atoms with Crippen LogP contribution < -0.4 is 5.32 Å². The molecule has 4 nitrogen and oxygen atoms in total. The summed E-state index contributed by atoms with van der Waals surface area (Å²) in [5.74, 6) is -0.681. The number of nitriles is 1. The fourth-order valence-electron chi connectivity index (χ4n) is 3.61. The highest BCUT2D eigenvalue weighted by Crippen LogP contribution is 2.41. The smallest absolute Gasteiger partial charge is 0.174 e. The van der Waals surface area contributed by atoms with Crippen molar-refractivity contribution in [1.29, 1.82) is 5.26 Å². The Balaban J connectivity index is 1.97. The maximum Gasteiger partial charge on any atom is 0.174 e. The van der Waals surface area contributed by atoms with Crippen LogP contribution in [0.1, 0.15) is 41.3 Å². The van der Waals surface area contributed by atoms with Crippen LogP contribution in [-0.4, -0.2) is 17.3 Å². The second kappa shape index (κ2) is 9.74. The van der Waals surface area contributed by atoms with Gasteiger partial charge in [0.1, 0.15) is 0 Å². The van der Waals surface area contributed by atoms with E-state index in [-0.39, 0.29) is 22.3 Å². The number of ketones is 2. The first-order chi connectivity index (χ1) is 14.7. The molecule has 0 amide bonds. The molecule has 1 atom stereocenters. The predicted molar refractivity (Wildman–Crippen MR) is 126 cm³/mol. The van der Waals surface area contributed by atoms with Gasteiger partial charge in [-0.15, -0.1) is 0 Å². The highest BCUT2D eigenvalue weighted by Gasteiger charge is 2.33. The second-order valence-corrected chi connectivity index (χ2v) is 9.09. The summed E-state index contributed by atoms with van der Waals surface area (Å²) in [6.45, 7) is 5.28. The number of carbonyl (C=O) groups is 2. The lowest BCUT2D eigenvalue weighted by atomic mass is 9.80. The molecule has 158 valence electrons. The van der Waals surface area contributed by atoms with Gasteiger partial charge < -0.3 is 5.32 Å². The van der Waals surface area contributed by atoms with E-state index >= 15 is 0 Å². The van der Waals surface area contributed by atoms with Crippen LogP contribution >= 0.6 is 35.0 Å². The number of thioether (sulfide) groups is 1. The molecule has 2 aromatic rings. The van der Waals surface area contributed by atoms with Crippen molar-refractivity contribution in [2.45, 2.75) is 26.7 Å². The van der Waals surface area contributed by atoms with Crippen LogP contribution in [-0.2, 0) is 4.79 Å². The quantitative estimate of drug-likeness (QED) is 0.508. The van der Waals surface area contributed by atoms with Gasteiger partial charge in [0, 0.05) is 21.9 Å². The number of carbonyl (C=O) groups excluding carboxylic acids is 2. The standard InChI is InChI=1S/C24H20Cl2N2O2S/c1-13-5-4-6-16(9-13)23-19(11-27)24(28-14(2)22(23)15(3)29)31-12-21(30)18-8-7-17(25)10-20(18)26/h4-10,23,28H,12H2,1-3H3/t23-/m1/s1. The van der Waals surface area contributed by atoms with Gasteiger partial charge in [0.15, 0.2) is 11.6 Å². The summed E-state index contributed by atoms with van der Waals surface area (Å²) in [6.07, 6.45) is 0. The van der Waals surface area contributed by atoms with Crippen molar-refractivity contribution in [3.8, 4) is 6.07 Å². The molecular formula is C24H20Cl2N2O2S. The zero-order valence-electron chi connectivity index (χ0n) is 17.3. The average Bonchev–Trinajstić information content (AvgIpc) is 2.71.